The highest BCUT2D eigenvalue weighted by Crippen LogP contribution is 2.27. The van der Waals surface area contributed by atoms with Gasteiger partial charge in [0, 0.05) is 19.4 Å². The van der Waals surface area contributed by atoms with Gasteiger partial charge in [-0.05, 0) is 80.5 Å². The molecule has 0 aliphatic carbocycles. The van der Waals surface area contributed by atoms with Gasteiger partial charge in [0.15, 0.2) is 18.0 Å². The summed E-state index contributed by atoms with van der Waals surface area (Å²) in [5.74, 6) is -0.767. The van der Waals surface area contributed by atoms with E-state index in [2.05, 4.69) is 26.1 Å². The van der Waals surface area contributed by atoms with Crippen LogP contribution in [-0.4, -0.2) is 66.2 Å². The molecule has 1 aliphatic rings. The zero-order chi connectivity index (χ0) is 32.1. The highest BCUT2D eigenvalue weighted by Gasteiger charge is 2.43. The first-order valence-corrected chi connectivity index (χ1v) is 15.0. The predicted octanol–water partition coefficient (Wildman–Crippen LogP) is 0.533. The number of aryl methyl sites for hydroxylation is 2. The van der Waals surface area contributed by atoms with Crippen molar-refractivity contribution >= 4 is 24.2 Å². The van der Waals surface area contributed by atoms with Gasteiger partial charge in [0.05, 0.1) is 12.1 Å². The van der Waals surface area contributed by atoms with Crippen LogP contribution in [0.25, 0.3) is 0 Å². The molecule has 240 valence electrons. The number of phenols is 1. The molecule has 0 saturated heterocycles. The predicted molar refractivity (Wildman–Crippen MR) is 172 cm³/mol. The van der Waals surface area contributed by atoms with Crippen LogP contribution < -0.4 is 39.0 Å². The van der Waals surface area contributed by atoms with E-state index in [-0.39, 0.29) is 18.1 Å². The molecule has 1 heterocycles. The molecule has 12 N–H and O–H groups in total. The number of benzene rings is 2. The van der Waals surface area contributed by atoms with Gasteiger partial charge in [-0.2, -0.15) is 0 Å². The Hall–Kier alpha value is -4.20. The Morgan fingerprint density at radius 3 is 2.36 bits per heavy atom. The number of nitrogens with zero attached hydrogens (tertiary/aromatic N) is 2. The van der Waals surface area contributed by atoms with Gasteiger partial charge >= 0.3 is 0 Å². The molecule has 0 fully saturated rings. The van der Waals surface area contributed by atoms with Crippen molar-refractivity contribution in [3.63, 3.8) is 0 Å². The molecular formula is C31H47N9O4. The fourth-order valence-corrected chi connectivity index (χ4v) is 5.38. The maximum absolute atomic E-state index is 14.1. The standard InChI is InChI=1S/C31H47N9O4/c1-20-15-23(41)16-21(2)24(20)17-26(38-28(42)25(33)11-8-14-36-30(34)35)29(43)39-27(12-6-7-13-32)31(37-19-44-40-31)18-22-9-4-3-5-10-22/h3-5,9-10,15-16,19,25-27,40-41H,6-8,11-14,17-18,32-33H2,1-2H3,(H,38,42)(H,39,43)(H4,34,35,36)/t25?,26?,27-,31?/m1/s1. The number of nitrogens with one attached hydrogen (secondary N) is 3. The summed E-state index contributed by atoms with van der Waals surface area (Å²) < 4.78 is 0. The molecule has 2 aromatic rings. The summed E-state index contributed by atoms with van der Waals surface area (Å²) in [7, 11) is 0. The van der Waals surface area contributed by atoms with Gasteiger partial charge in [0.1, 0.15) is 11.8 Å². The quantitative estimate of drug-likeness (QED) is 0.0709. The van der Waals surface area contributed by atoms with E-state index in [1.54, 1.807) is 12.1 Å². The highest BCUT2D eigenvalue weighted by molar-refractivity contribution is 5.90. The number of guanidine groups is 1. The molecule has 1 aliphatic heterocycles. The van der Waals surface area contributed by atoms with Crippen LogP contribution in [0, 0.1) is 13.8 Å². The van der Waals surface area contributed by atoms with Crippen molar-refractivity contribution in [3.8, 4) is 5.75 Å². The van der Waals surface area contributed by atoms with E-state index in [0.29, 0.717) is 38.8 Å². The average Bonchev–Trinajstić information content (AvgIpc) is 3.45. The summed E-state index contributed by atoms with van der Waals surface area (Å²) in [5.41, 5.74) is 28.2. The van der Waals surface area contributed by atoms with Crippen molar-refractivity contribution in [1.29, 1.82) is 0 Å². The van der Waals surface area contributed by atoms with E-state index < -0.39 is 35.6 Å². The van der Waals surface area contributed by atoms with Gasteiger partial charge in [-0.3, -0.25) is 14.6 Å². The van der Waals surface area contributed by atoms with Crippen molar-refractivity contribution in [1.82, 2.24) is 16.1 Å². The second kappa shape index (κ2) is 16.6. The Labute approximate surface area is 258 Å². The Balaban J connectivity index is 1.88. The first-order valence-electron chi connectivity index (χ1n) is 15.0. The van der Waals surface area contributed by atoms with Crippen LogP contribution in [-0.2, 0) is 27.3 Å². The maximum atomic E-state index is 14.1. The SMILES string of the molecule is Cc1cc(O)cc(C)c1CC(NC(=O)C(N)CCCN=C(N)N)C(=O)N[C@H](CCCCN)C1(Cc2ccccc2)N=CON1. The van der Waals surface area contributed by atoms with Gasteiger partial charge in [-0.1, -0.05) is 36.8 Å². The molecule has 4 atom stereocenters. The van der Waals surface area contributed by atoms with Crippen molar-refractivity contribution in [2.45, 2.75) is 82.6 Å². The first kappa shape index (κ1) is 34.3. The van der Waals surface area contributed by atoms with E-state index in [0.717, 1.165) is 35.1 Å². The number of hydrogen-bond acceptors (Lipinski definition) is 9. The third kappa shape index (κ3) is 9.93. The number of amides is 2. The van der Waals surface area contributed by atoms with Crippen molar-refractivity contribution < 1.29 is 19.5 Å². The molecule has 2 aromatic carbocycles. The molecule has 3 unspecified atom stereocenters. The second-order valence-electron chi connectivity index (χ2n) is 11.3. The molecule has 0 aromatic heterocycles. The summed E-state index contributed by atoms with van der Waals surface area (Å²) in [4.78, 5) is 41.4. The molecule has 13 heteroatoms. The lowest BCUT2D eigenvalue weighted by molar-refractivity contribution is -0.130. The maximum Gasteiger partial charge on any atom is 0.243 e. The third-order valence-electron chi connectivity index (χ3n) is 7.75. The topological polar surface area (TPSA) is 228 Å². The fraction of sp³-hybridized carbons (Fsp3) is 0.484. The Kier molecular flexibility index (Phi) is 12.9. The second-order valence-corrected chi connectivity index (χ2v) is 11.3. The van der Waals surface area contributed by atoms with E-state index >= 15 is 0 Å². The largest absolute Gasteiger partial charge is 0.508 e. The van der Waals surface area contributed by atoms with Gasteiger partial charge in [-0.25, -0.2) is 4.99 Å². The number of hydrogen-bond donors (Lipinski definition) is 8. The zero-order valence-electron chi connectivity index (χ0n) is 25.6. The van der Waals surface area contributed by atoms with Crippen LogP contribution in [0.3, 0.4) is 0 Å². The van der Waals surface area contributed by atoms with Crippen molar-refractivity contribution in [2.75, 3.05) is 13.1 Å². The number of nitrogens with two attached hydrogens (primary N) is 4. The summed E-state index contributed by atoms with van der Waals surface area (Å²) in [6, 6.07) is 10.7. The van der Waals surface area contributed by atoms with Crippen LogP contribution in [0.15, 0.2) is 52.4 Å². The van der Waals surface area contributed by atoms with Crippen LogP contribution in [0.2, 0.25) is 0 Å². The first-order chi connectivity index (χ1) is 21.0. The molecule has 2 amide bonds. The Morgan fingerprint density at radius 1 is 1.05 bits per heavy atom. The number of carbonyl (C=O) groups excluding carboxylic acids is 2. The summed E-state index contributed by atoms with van der Waals surface area (Å²) in [6.07, 6.45) is 4.86. The number of phenolic OH excluding ortho intramolecular Hbond substituents is 1. The lowest BCUT2D eigenvalue weighted by atomic mass is 9.89. The summed E-state index contributed by atoms with van der Waals surface area (Å²) in [6.45, 7) is 4.56. The minimum absolute atomic E-state index is 0.0306. The number of hydroxylamine groups is 1. The molecule has 0 radical (unpaired) electrons. The van der Waals surface area contributed by atoms with E-state index in [4.69, 9.17) is 27.8 Å². The zero-order valence-corrected chi connectivity index (χ0v) is 25.6. The minimum Gasteiger partial charge on any atom is -0.508 e. The lowest BCUT2D eigenvalue weighted by Crippen LogP contribution is -2.62. The van der Waals surface area contributed by atoms with E-state index in [1.165, 1.54) is 6.40 Å². The Morgan fingerprint density at radius 2 is 1.75 bits per heavy atom. The summed E-state index contributed by atoms with van der Waals surface area (Å²) >= 11 is 0. The van der Waals surface area contributed by atoms with Crippen molar-refractivity contribution in [3.05, 3.63) is 64.7 Å². The number of aromatic hydroxyl groups is 1. The number of aliphatic imine (C=N–C) groups is 2. The van der Waals surface area contributed by atoms with Crippen LogP contribution in [0.4, 0.5) is 0 Å². The molecule has 0 saturated carbocycles. The number of carbonyl (C=O) groups is 2. The molecular weight excluding hydrogens is 562 g/mol. The van der Waals surface area contributed by atoms with Crippen molar-refractivity contribution in [2.24, 2.45) is 32.9 Å². The minimum atomic E-state index is -0.980. The van der Waals surface area contributed by atoms with E-state index in [1.807, 2.05) is 44.2 Å². The number of unbranched alkanes of at least 4 members (excludes halogenated alkanes) is 1. The molecule has 44 heavy (non-hydrogen) atoms. The van der Waals surface area contributed by atoms with Gasteiger partial charge in [0.25, 0.3) is 0 Å². The smallest absolute Gasteiger partial charge is 0.243 e. The van der Waals surface area contributed by atoms with Crippen LogP contribution >= 0.6 is 0 Å². The molecule has 0 bridgehead atoms. The fourth-order valence-electron chi connectivity index (χ4n) is 5.38. The third-order valence-corrected chi connectivity index (χ3v) is 7.75. The lowest BCUT2D eigenvalue weighted by Gasteiger charge is -2.35. The number of rotatable bonds is 17. The Bertz CT molecular complexity index is 1280. The molecule has 3 rings (SSSR count). The van der Waals surface area contributed by atoms with Gasteiger partial charge in [0.2, 0.25) is 11.8 Å². The highest BCUT2D eigenvalue weighted by atomic mass is 16.7. The van der Waals surface area contributed by atoms with E-state index in [9.17, 15) is 14.7 Å². The van der Waals surface area contributed by atoms with Gasteiger partial charge in [-0.15, -0.1) is 5.48 Å². The average molecular weight is 610 g/mol. The normalized spacial score (nSPS) is 17.7. The van der Waals surface area contributed by atoms with Crippen LogP contribution in [0.5, 0.6) is 5.75 Å². The molecule has 0 spiro atoms. The van der Waals surface area contributed by atoms with Gasteiger partial charge < -0.3 is 43.5 Å². The van der Waals surface area contributed by atoms with Crippen LogP contribution in [0.1, 0.15) is 54.4 Å². The summed E-state index contributed by atoms with van der Waals surface area (Å²) in [5, 5.41) is 16.1. The molecule has 13 nitrogen and oxygen atoms in total. The monoisotopic (exact) mass is 609 g/mol.